The van der Waals surface area contributed by atoms with Crippen molar-refractivity contribution in [1.82, 2.24) is 5.32 Å². The Labute approximate surface area is 54.1 Å². The van der Waals surface area contributed by atoms with E-state index < -0.39 is 0 Å². The predicted octanol–water partition coefficient (Wildman–Crippen LogP) is -0.0179. The Morgan fingerprint density at radius 2 is 2.44 bits per heavy atom. The monoisotopic (exact) mass is 126 g/mol. The fourth-order valence-corrected chi connectivity index (χ4v) is 1.13. The quantitative estimate of drug-likeness (QED) is 0.535. The van der Waals surface area contributed by atoms with Gasteiger partial charge in [0.2, 0.25) is 0 Å². The molecule has 0 amide bonds. The molecule has 2 rings (SSSR count). The van der Waals surface area contributed by atoms with Gasteiger partial charge in [0.05, 0.1) is 5.71 Å². The molecule has 50 valence electrons. The third kappa shape index (κ3) is 0.812. The molecule has 0 saturated carbocycles. The van der Waals surface area contributed by atoms with Crippen LogP contribution in [-0.4, -0.2) is 25.4 Å². The molecule has 2 heterocycles. The molecule has 0 bridgehead atoms. The highest BCUT2D eigenvalue weighted by atomic mass is 16.6. The number of nitrogens with one attached hydrogen (secondary N) is 1. The SMILES string of the molecule is C1CC(C2CNC2)=NO1. The van der Waals surface area contributed by atoms with E-state index in [4.69, 9.17) is 4.84 Å². The van der Waals surface area contributed by atoms with Crippen LogP contribution < -0.4 is 5.32 Å². The smallest absolute Gasteiger partial charge is 0.122 e. The third-order valence-electron chi connectivity index (χ3n) is 1.88. The van der Waals surface area contributed by atoms with Gasteiger partial charge >= 0.3 is 0 Å². The summed E-state index contributed by atoms with van der Waals surface area (Å²) in [4.78, 5) is 4.87. The van der Waals surface area contributed by atoms with Crippen LogP contribution in [0.4, 0.5) is 0 Å². The van der Waals surface area contributed by atoms with E-state index in [1.165, 1.54) is 5.71 Å². The van der Waals surface area contributed by atoms with E-state index in [-0.39, 0.29) is 0 Å². The maximum absolute atomic E-state index is 4.87. The summed E-state index contributed by atoms with van der Waals surface area (Å²) in [5.41, 5.74) is 1.26. The summed E-state index contributed by atoms with van der Waals surface area (Å²) in [5, 5.41) is 7.14. The number of rotatable bonds is 1. The van der Waals surface area contributed by atoms with Crippen molar-refractivity contribution in [1.29, 1.82) is 0 Å². The van der Waals surface area contributed by atoms with Gasteiger partial charge in [-0.1, -0.05) is 5.16 Å². The number of hydrogen-bond acceptors (Lipinski definition) is 3. The predicted molar refractivity (Wildman–Crippen MR) is 34.4 cm³/mol. The van der Waals surface area contributed by atoms with Gasteiger partial charge in [-0.05, 0) is 0 Å². The van der Waals surface area contributed by atoms with Crippen LogP contribution >= 0.6 is 0 Å². The van der Waals surface area contributed by atoms with Gasteiger partial charge in [-0.25, -0.2) is 0 Å². The molecule has 0 aromatic carbocycles. The first kappa shape index (κ1) is 5.23. The van der Waals surface area contributed by atoms with Gasteiger partial charge in [0.25, 0.3) is 0 Å². The standard InChI is InChI=1S/C6H10N2O/c1-2-9-8-6(1)5-3-7-4-5/h5,7H,1-4H2. The van der Waals surface area contributed by atoms with Crippen molar-refractivity contribution in [3.63, 3.8) is 0 Å². The topological polar surface area (TPSA) is 33.6 Å². The maximum Gasteiger partial charge on any atom is 0.122 e. The zero-order valence-corrected chi connectivity index (χ0v) is 5.26. The molecule has 0 aromatic heterocycles. The van der Waals surface area contributed by atoms with Crippen molar-refractivity contribution in [2.75, 3.05) is 19.7 Å². The van der Waals surface area contributed by atoms with Gasteiger partial charge in [0.15, 0.2) is 0 Å². The Balaban J connectivity index is 1.95. The molecule has 0 spiro atoms. The second kappa shape index (κ2) is 1.99. The second-order valence-electron chi connectivity index (χ2n) is 2.52. The van der Waals surface area contributed by atoms with Crippen LogP contribution in [0.5, 0.6) is 0 Å². The van der Waals surface area contributed by atoms with E-state index in [0.29, 0.717) is 5.92 Å². The minimum Gasteiger partial charge on any atom is -0.395 e. The molecule has 9 heavy (non-hydrogen) atoms. The van der Waals surface area contributed by atoms with Gasteiger partial charge in [0, 0.05) is 25.4 Å². The molecule has 0 aromatic rings. The first-order valence-electron chi connectivity index (χ1n) is 3.36. The minimum atomic E-state index is 0.687. The molecule has 1 N–H and O–H groups in total. The fourth-order valence-electron chi connectivity index (χ4n) is 1.13. The molecule has 3 nitrogen and oxygen atoms in total. The normalized spacial score (nSPS) is 26.9. The first-order valence-corrected chi connectivity index (χ1v) is 3.36. The van der Waals surface area contributed by atoms with Gasteiger partial charge in [-0.3, -0.25) is 0 Å². The summed E-state index contributed by atoms with van der Waals surface area (Å²) >= 11 is 0. The average Bonchev–Trinajstić information content (AvgIpc) is 2.11. The molecule has 1 saturated heterocycles. The first-order chi connectivity index (χ1) is 4.47. The zero-order valence-electron chi connectivity index (χ0n) is 5.26. The zero-order chi connectivity index (χ0) is 6.10. The molecule has 2 aliphatic heterocycles. The van der Waals surface area contributed by atoms with Crippen molar-refractivity contribution >= 4 is 5.71 Å². The summed E-state index contributed by atoms with van der Waals surface area (Å²) < 4.78 is 0. The average molecular weight is 126 g/mol. The second-order valence-corrected chi connectivity index (χ2v) is 2.52. The lowest BCUT2D eigenvalue weighted by Crippen LogP contribution is -2.46. The molecule has 0 radical (unpaired) electrons. The van der Waals surface area contributed by atoms with Crippen molar-refractivity contribution in [2.24, 2.45) is 11.1 Å². The van der Waals surface area contributed by atoms with E-state index in [9.17, 15) is 0 Å². The van der Waals surface area contributed by atoms with Crippen LogP contribution in [0.25, 0.3) is 0 Å². The van der Waals surface area contributed by atoms with Crippen LogP contribution in [0.3, 0.4) is 0 Å². The minimum absolute atomic E-state index is 0.687. The Morgan fingerprint density at radius 3 is 2.89 bits per heavy atom. The summed E-state index contributed by atoms with van der Waals surface area (Å²) in [5.74, 6) is 0.687. The summed E-state index contributed by atoms with van der Waals surface area (Å²) in [6, 6.07) is 0. The highest BCUT2D eigenvalue weighted by molar-refractivity contribution is 5.88. The molecule has 3 heteroatoms. The molecule has 0 aliphatic carbocycles. The highest BCUT2D eigenvalue weighted by Gasteiger charge is 2.25. The van der Waals surface area contributed by atoms with Crippen LogP contribution in [0.1, 0.15) is 6.42 Å². The van der Waals surface area contributed by atoms with Crippen LogP contribution in [0, 0.1) is 5.92 Å². The fraction of sp³-hybridized carbons (Fsp3) is 0.833. The van der Waals surface area contributed by atoms with E-state index >= 15 is 0 Å². The Bertz CT molecular complexity index is 140. The molecular formula is C6H10N2O. The molecule has 1 fully saturated rings. The van der Waals surface area contributed by atoms with Crippen molar-refractivity contribution < 1.29 is 4.84 Å². The lowest BCUT2D eigenvalue weighted by atomic mass is 9.96. The van der Waals surface area contributed by atoms with Gasteiger partial charge in [0.1, 0.15) is 6.61 Å². The van der Waals surface area contributed by atoms with E-state index in [0.717, 1.165) is 26.1 Å². The maximum atomic E-state index is 4.87. The summed E-state index contributed by atoms with van der Waals surface area (Å²) in [6.07, 6.45) is 1.05. The summed E-state index contributed by atoms with van der Waals surface area (Å²) in [7, 11) is 0. The lowest BCUT2D eigenvalue weighted by molar-refractivity contribution is 0.173. The van der Waals surface area contributed by atoms with Gasteiger partial charge in [-0.15, -0.1) is 0 Å². The third-order valence-corrected chi connectivity index (χ3v) is 1.88. The number of nitrogens with zero attached hydrogens (tertiary/aromatic N) is 1. The van der Waals surface area contributed by atoms with E-state index in [1.54, 1.807) is 0 Å². The van der Waals surface area contributed by atoms with Crippen molar-refractivity contribution in [3.05, 3.63) is 0 Å². The Kier molecular flexibility index (Phi) is 1.16. The van der Waals surface area contributed by atoms with Gasteiger partial charge in [-0.2, -0.15) is 0 Å². The molecule has 0 unspecified atom stereocenters. The van der Waals surface area contributed by atoms with Crippen molar-refractivity contribution in [2.45, 2.75) is 6.42 Å². The van der Waals surface area contributed by atoms with Crippen LogP contribution in [0.15, 0.2) is 5.16 Å². The number of oxime groups is 1. The Hall–Kier alpha value is -0.570. The Morgan fingerprint density at radius 1 is 1.56 bits per heavy atom. The van der Waals surface area contributed by atoms with Crippen LogP contribution in [-0.2, 0) is 4.84 Å². The largest absolute Gasteiger partial charge is 0.395 e. The number of hydrogen-bond donors (Lipinski definition) is 1. The lowest BCUT2D eigenvalue weighted by Gasteiger charge is -2.25. The molecule has 0 atom stereocenters. The van der Waals surface area contributed by atoms with Crippen LogP contribution in [0.2, 0.25) is 0 Å². The summed E-state index contributed by atoms with van der Waals surface area (Å²) in [6.45, 7) is 3.00. The molecular weight excluding hydrogens is 116 g/mol. The van der Waals surface area contributed by atoms with Crippen molar-refractivity contribution in [3.8, 4) is 0 Å². The van der Waals surface area contributed by atoms with Gasteiger partial charge < -0.3 is 10.2 Å². The highest BCUT2D eigenvalue weighted by Crippen LogP contribution is 2.13. The van der Waals surface area contributed by atoms with E-state index in [1.807, 2.05) is 0 Å². The molecule has 2 aliphatic rings. The van der Waals surface area contributed by atoms with E-state index in [2.05, 4.69) is 10.5 Å².